The summed E-state index contributed by atoms with van der Waals surface area (Å²) in [6.07, 6.45) is 0. The zero-order valence-electron chi connectivity index (χ0n) is 9.59. The minimum Gasteiger partial charge on any atom is -0.328 e. The first-order valence-corrected chi connectivity index (χ1v) is 22.7. The topological polar surface area (TPSA) is 3.24 Å². The van der Waals surface area contributed by atoms with Crippen LogP contribution in [0.3, 0.4) is 0 Å². The summed E-state index contributed by atoms with van der Waals surface area (Å²) in [5.74, 6) is 0. The average molecular weight is 252 g/mol. The van der Waals surface area contributed by atoms with Gasteiger partial charge in [0.25, 0.3) is 0 Å². The van der Waals surface area contributed by atoms with Crippen LogP contribution in [0.4, 0.5) is 0 Å². The first-order chi connectivity index (χ1) is 5.49. The third kappa shape index (κ3) is 4.92. The average Bonchev–Trinajstić information content (AvgIpc) is 1.98. The summed E-state index contributed by atoms with van der Waals surface area (Å²) in [6.45, 7) is 9.52. The Bertz CT molecular complexity index is 111. The Hall–Kier alpha value is 1.04. The highest BCUT2D eigenvalue weighted by atomic mass is 29.9. The van der Waals surface area contributed by atoms with Crippen LogP contribution in [0.15, 0.2) is 0 Å². The van der Waals surface area contributed by atoms with Crippen molar-refractivity contribution in [2.24, 2.45) is 0 Å². The van der Waals surface area contributed by atoms with Crippen molar-refractivity contribution in [2.45, 2.75) is 39.8 Å². The minimum absolute atomic E-state index is 0.0529. The van der Waals surface area contributed by atoms with Crippen LogP contribution in [0.1, 0.15) is 27.7 Å². The molecule has 0 rings (SSSR count). The fraction of sp³-hybridized carbons (Fsp3) is 1.00. The van der Waals surface area contributed by atoms with Crippen molar-refractivity contribution in [1.82, 2.24) is 4.57 Å². The first kappa shape index (κ1) is 13.0. The summed E-state index contributed by atoms with van der Waals surface area (Å²) >= 11 is 0. The fourth-order valence-corrected chi connectivity index (χ4v) is 24.6. The third-order valence-corrected chi connectivity index (χ3v) is 69.6. The summed E-state index contributed by atoms with van der Waals surface area (Å²) in [7, 11) is 4.18. The van der Waals surface area contributed by atoms with Gasteiger partial charge in [0.1, 0.15) is 0 Å². The molecular weight excluding hydrogens is 227 g/mol. The Kier molecular flexibility index (Phi) is 7.06. The summed E-state index contributed by atoms with van der Waals surface area (Å²) in [6, 6.07) is 1.67. The highest BCUT2D eigenvalue weighted by Gasteiger charge is 2.16. The highest BCUT2D eigenvalue weighted by molar-refractivity contribution is 7.63. The zero-order valence-corrected chi connectivity index (χ0v) is 17.6. The van der Waals surface area contributed by atoms with Gasteiger partial charge in [0.15, 0.2) is 0 Å². The molecule has 0 fully saturated rings. The van der Waals surface area contributed by atoms with Crippen LogP contribution in [0.2, 0.25) is 0 Å². The maximum Gasteiger partial charge on any atom is 0.0771 e. The molecule has 0 N–H and O–H groups in total. The molecule has 0 saturated carbocycles. The maximum absolute atomic E-state index is 2.86. The molecule has 0 radical (unpaired) electrons. The van der Waals surface area contributed by atoms with Crippen molar-refractivity contribution < 1.29 is 0 Å². The van der Waals surface area contributed by atoms with Crippen LogP contribution in [-0.4, -0.2) is 61.3 Å². The number of hydrogen-bond donors (Lipinski definition) is 0. The Labute approximate surface area is 89.0 Å². The largest absolute Gasteiger partial charge is 0.328 e. The lowest BCUT2D eigenvalue weighted by Crippen LogP contribution is -2.49. The second kappa shape index (κ2) is 6.49. The van der Waals surface area contributed by atoms with Crippen molar-refractivity contribution in [3.63, 3.8) is 0 Å². The second-order valence-electron chi connectivity index (χ2n) is 4.40. The van der Waals surface area contributed by atoms with E-state index in [0.717, 1.165) is 12.1 Å². The predicted molar refractivity (Wildman–Crippen MR) is 76.2 cm³/mol. The molecule has 1 atom stereocenters. The van der Waals surface area contributed by atoms with Crippen LogP contribution >= 0.6 is 0 Å². The smallest absolute Gasteiger partial charge is 0.0771 e. The van der Waals surface area contributed by atoms with Gasteiger partial charge < -0.3 is 4.57 Å². The van der Waals surface area contributed by atoms with E-state index in [0.29, 0.717) is 8.55 Å². The maximum atomic E-state index is 2.86. The van der Waals surface area contributed by atoms with Crippen LogP contribution < -0.4 is 0 Å². The van der Waals surface area contributed by atoms with Gasteiger partial charge in [-0.2, -0.15) is 0 Å². The molecular formula is C6H25NSi5. The number of nitrogens with zero attached hydrogens (tertiary/aromatic N) is 1. The lowest BCUT2D eigenvalue weighted by molar-refractivity contribution is 0.317. The van der Waals surface area contributed by atoms with Crippen LogP contribution in [0.5, 0.6) is 0 Å². The Morgan fingerprint density at radius 1 is 1.17 bits per heavy atom. The molecule has 6 heteroatoms. The van der Waals surface area contributed by atoms with E-state index in [2.05, 4.69) is 32.3 Å². The van der Waals surface area contributed by atoms with Gasteiger partial charge in [0, 0.05) is 7.35 Å². The summed E-state index contributed by atoms with van der Waals surface area (Å²) in [5.41, 5.74) is 0. The number of hydrogen-bond acceptors (Lipinski definition) is 1. The lowest BCUT2D eigenvalue weighted by Gasteiger charge is -2.32. The van der Waals surface area contributed by atoms with E-state index >= 15 is 0 Å². The van der Waals surface area contributed by atoms with E-state index in [-0.39, 0.29) is 16.5 Å². The van der Waals surface area contributed by atoms with Gasteiger partial charge >= 0.3 is 0 Å². The monoisotopic (exact) mass is 251 g/mol. The van der Waals surface area contributed by atoms with Crippen LogP contribution in [0.25, 0.3) is 0 Å². The quantitative estimate of drug-likeness (QED) is 0.464. The van der Waals surface area contributed by atoms with Crippen molar-refractivity contribution in [3.05, 3.63) is 0 Å². The molecule has 0 aromatic carbocycles. The van der Waals surface area contributed by atoms with Crippen LogP contribution in [0, 0.1) is 0 Å². The molecule has 1 unspecified atom stereocenters. The molecule has 1 nitrogen and oxygen atoms in total. The predicted octanol–water partition coefficient (Wildman–Crippen LogP) is -3.28. The third-order valence-electron chi connectivity index (χ3n) is 2.55. The standard InChI is InChI=1S/C6H25NSi5/c1-5(2)7(6(3)4)10-12(9)11-8/h5-6,12H,10-11H2,1-4,8-9H3. The molecule has 0 aromatic heterocycles. The molecule has 0 aliphatic carbocycles. The minimum atomic E-state index is 0.0529. The molecule has 74 valence electrons. The Morgan fingerprint density at radius 3 is 1.83 bits per heavy atom. The molecule has 0 spiro atoms. The molecule has 0 aliphatic heterocycles. The highest BCUT2D eigenvalue weighted by Crippen LogP contribution is 2.02. The zero-order chi connectivity index (χ0) is 9.72. The summed E-state index contributed by atoms with van der Waals surface area (Å²) in [4.78, 5) is 0. The van der Waals surface area contributed by atoms with Gasteiger partial charge in [-0.25, -0.2) is 0 Å². The van der Waals surface area contributed by atoms with Gasteiger partial charge in [-0.05, 0) is 40.2 Å². The van der Waals surface area contributed by atoms with E-state index < -0.39 is 0 Å². The molecule has 0 aliphatic rings. The van der Waals surface area contributed by atoms with Crippen LogP contribution in [-0.2, 0) is 0 Å². The molecule has 0 heterocycles. The van der Waals surface area contributed by atoms with Gasteiger partial charge in [0.2, 0.25) is 0 Å². The first-order valence-electron chi connectivity index (χ1n) is 5.24. The van der Waals surface area contributed by atoms with Gasteiger partial charge in [-0.3, -0.25) is 0 Å². The summed E-state index contributed by atoms with van der Waals surface area (Å²) < 4.78 is 2.86. The second-order valence-corrected chi connectivity index (χ2v) is 45.9. The molecule has 0 saturated heterocycles. The van der Waals surface area contributed by atoms with Gasteiger partial charge in [-0.15, -0.1) is 0 Å². The Morgan fingerprint density at radius 2 is 1.58 bits per heavy atom. The van der Waals surface area contributed by atoms with Crippen molar-refractivity contribution in [1.29, 1.82) is 0 Å². The van der Waals surface area contributed by atoms with E-state index in [1.165, 1.54) is 0 Å². The Balaban J connectivity index is 3.95. The SMILES string of the molecule is CC(C)N([SiH2][SiH]([SiH3])[SiH2][SiH3])C(C)C. The van der Waals surface area contributed by atoms with E-state index in [1.807, 2.05) is 0 Å². The fourth-order valence-electron chi connectivity index (χ4n) is 1.51. The van der Waals surface area contributed by atoms with Crippen molar-refractivity contribution in [3.8, 4) is 0 Å². The molecule has 0 amide bonds. The van der Waals surface area contributed by atoms with E-state index in [1.54, 1.807) is 19.5 Å². The van der Waals surface area contributed by atoms with Gasteiger partial charge in [-0.1, -0.05) is 27.7 Å². The van der Waals surface area contributed by atoms with Crippen molar-refractivity contribution in [2.75, 3.05) is 0 Å². The molecule has 0 aromatic rings. The van der Waals surface area contributed by atoms with E-state index in [4.69, 9.17) is 0 Å². The molecule has 12 heavy (non-hydrogen) atoms. The van der Waals surface area contributed by atoms with E-state index in [9.17, 15) is 0 Å². The normalized spacial score (nSPS) is 17.2. The lowest BCUT2D eigenvalue weighted by atomic mass is 10.3. The van der Waals surface area contributed by atoms with Gasteiger partial charge in [0.05, 0.1) is 9.20 Å². The van der Waals surface area contributed by atoms with Crippen molar-refractivity contribution >= 4 is 44.6 Å². The summed E-state index contributed by atoms with van der Waals surface area (Å²) in [5, 5.41) is 0. The number of rotatable bonds is 5. The molecule has 0 bridgehead atoms.